The average molecular weight is 411 g/mol. The van der Waals surface area contributed by atoms with Crippen LogP contribution in [0.2, 0.25) is 10.0 Å². The lowest BCUT2D eigenvalue weighted by Gasteiger charge is -2.35. The minimum absolute atomic E-state index is 0.0676. The summed E-state index contributed by atoms with van der Waals surface area (Å²) in [5.41, 5.74) is 0.875. The first-order valence-corrected chi connectivity index (χ1v) is 10.2. The molecule has 7 heteroatoms. The number of carbonyl (C=O) groups excluding carboxylic acids is 2. The lowest BCUT2D eigenvalue weighted by molar-refractivity contribution is -0.127. The molecule has 0 radical (unpaired) electrons. The van der Waals surface area contributed by atoms with Crippen LogP contribution in [0.1, 0.15) is 47.5 Å². The van der Waals surface area contributed by atoms with Crippen LogP contribution in [0.4, 0.5) is 0 Å². The maximum absolute atomic E-state index is 12.9. The van der Waals surface area contributed by atoms with Gasteiger partial charge in [0.2, 0.25) is 5.91 Å². The summed E-state index contributed by atoms with van der Waals surface area (Å²) >= 11 is 13.4. The van der Waals surface area contributed by atoms with Crippen LogP contribution in [-0.4, -0.2) is 29.3 Å². The molecule has 1 aliphatic heterocycles. The van der Waals surface area contributed by atoms with E-state index < -0.39 is 6.04 Å². The van der Waals surface area contributed by atoms with E-state index in [1.807, 2.05) is 24.4 Å². The fourth-order valence-corrected chi connectivity index (χ4v) is 4.15. The van der Waals surface area contributed by atoms with E-state index in [1.165, 1.54) is 11.3 Å². The maximum atomic E-state index is 12.9. The van der Waals surface area contributed by atoms with Crippen molar-refractivity contribution >= 4 is 46.4 Å². The zero-order chi connectivity index (χ0) is 18.7. The Morgan fingerprint density at radius 1 is 1.23 bits per heavy atom. The van der Waals surface area contributed by atoms with Gasteiger partial charge in [0.25, 0.3) is 5.91 Å². The Morgan fingerprint density at radius 2 is 2.04 bits per heavy atom. The Kier molecular flexibility index (Phi) is 6.22. The number of nitrogens with zero attached hydrogens (tertiary/aromatic N) is 1. The Balaban J connectivity index is 1.72. The van der Waals surface area contributed by atoms with Gasteiger partial charge in [-0.15, -0.1) is 11.3 Å². The SMILES string of the molecule is CC(NC(=O)C1CCCCN1C(=O)c1cccs1)c1ccc(Cl)c(Cl)c1. The van der Waals surface area contributed by atoms with Gasteiger partial charge in [0.15, 0.2) is 0 Å². The molecule has 1 N–H and O–H groups in total. The van der Waals surface area contributed by atoms with Crippen molar-refractivity contribution in [2.75, 3.05) is 6.54 Å². The Morgan fingerprint density at radius 3 is 2.73 bits per heavy atom. The van der Waals surface area contributed by atoms with Gasteiger partial charge in [0.1, 0.15) is 6.04 Å². The lowest BCUT2D eigenvalue weighted by atomic mass is 10.00. The Bertz CT molecular complexity index is 795. The van der Waals surface area contributed by atoms with Crippen molar-refractivity contribution in [3.05, 3.63) is 56.2 Å². The van der Waals surface area contributed by atoms with Crippen LogP contribution >= 0.6 is 34.5 Å². The second kappa shape index (κ2) is 8.42. The molecule has 1 fully saturated rings. The number of rotatable bonds is 4. The molecule has 1 aliphatic rings. The summed E-state index contributed by atoms with van der Waals surface area (Å²) in [6, 6.07) is 8.30. The van der Waals surface area contributed by atoms with E-state index in [0.717, 1.165) is 18.4 Å². The molecule has 0 aliphatic carbocycles. The summed E-state index contributed by atoms with van der Waals surface area (Å²) in [6.07, 6.45) is 2.54. The van der Waals surface area contributed by atoms with Gasteiger partial charge < -0.3 is 10.2 Å². The highest BCUT2D eigenvalue weighted by Crippen LogP contribution is 2.26. The van der Waals surface area contributed by atoms with E-state index >= 15 is 0 Å². The summed E-state index contributed by atoms with van der Waals surface area (Å²) in [6.45, 7) is 2.50. The largest absolute Gasteiger partial charge is 0.348 e. The number of carbonyl (C=O) groups is 2. The molecule has 138 valence electrons. The Labute approximate surface area is 167 Å². The van der Waals surface area contributed by atoms with Gasteiger partial charge in [0, 0.05) is 6.54 Å². The fraction of sp³-hybridized carbons (Fsp3) is 0.368. The van der Waals surface area contributed by atoms with Gasteiger partial charge in [0.05, 0.1) is 21.0 Å². The smallest absolute Gasteiger partial charge is 0.264 e. The molecule has 3 rings (SSSR count). The van der Waals surface area contributed by atoms with E-state index in [0.29, 0.717) is 27.9 Å². The van der Waals surface area contributed by atoms with E-state index in [9.17, 15) is 9.59 Å². The third-order valence-corrected chi connectivity index (χ3v) is 6.20. The minimum atomic E-state index is -0.441. The molecule has 1 aromatic carbocycles. The lowest BCUT2D eigenvalue weighted by Crippen LogP contribution is -2.52. The van der Waals surface area contributed by atoms with Gasteiger partial charge in [-0.1, -0.05) is 35.3 Å². The molecule has 2 amide bonds. The van der Waals surface area contributed by atoms with Crippen molar-refractivity contribution in [1.29, 1.82) is 0 Å². The number of likely N-dealkylation sites (tertiary alicyclic amines) is 1. The van der Waals surface area contributed by atoms with Crippen LogP contribution in [0.15, 0.2) is 35.7 Å². The number of halogens is 2. The summed E-state index contributed by atoms with van der Waals surface area (Å²) in [4.78, 5) is 28.0. The van der Waals surface area contributed by atoms with Crippen molar-refractivity contribution in [3.8, 4) is 0 Å². The first kappa shape index (κ1) is 19.2. The summed E-state index contributed by atoms with van der Waals surface area (Å²) in [5, 5.41) is 5.82. The number of hydrogen-bond donors (Lipinski definition) is 1. The van der Waals surface area contributed by atoms with Crippen LogP contribution in [0.3, 0.4) is 0 Å². The van der Waals surface area contributed by atoms with Crippen molar-refractivity contribution in [1.82, 2.24) is 10.2 Å². The standard InChI is InChI=1S/C19H20Cl2N2O2S/c1-12(13-7-8-14(20)15(21)11-13)22-18(24)16-5-2-3-9-23(16)19(25)17-6-4-10-26-17/h4,6-8,10-12,16H,2-3,5,9H2,1H3,(H,22,24). The van der Waals surface area contributed by atoms with Crippen LogP contribution in [-0.2, 0) is 4.79 Å². The summed E-state index contributed by atoms with van der Waals surface area (Å²) < 4.78 is 0. The van der Waals surface area contributed by atoms with Gasteiger partial charge in [-0.25, -0.2) is 0 Å². The molecular weight excluding hydrogens is 391 g/mol. The van der Waals surface area contributed by atoms with Crippen molar-refractivity contribution in [2.45, 2.75) is 38.3 Å². The monoisotopic (exact) mass is 410 g/mol. The number of piperidine rings is 1. The highest BCUT2D eigenvalue weighted by molar-refractivity contribution is 7.12. The molecule has 2 unspecified atom stereocenters. The molecule has 0 bridgehead atoms. The predicted octanol–water partition coefficient (Wildman–Crippen LogP) is 4.93. The molecule has 26 heavy (non-hydrogen) atoms. The van der Waals surface area contributed by atoms with Crippen molar-refractivity contribution < 1.29 is 9.59 Å². The van der Waals surface area contributed by atoms with E-state index in [-0.39, 0.29) is 17.9 Å². The maximum Gasteiger partial charge on any atom is 0.264 e. The molecule has 0 saturated carbocycles. The predicted molar refractivity (Wildman–Crippen MR) is 106 cm³/mol. The summed E-state index contributed by atoms with van der Waals surface area (Å²) in [5.74, 6) is -0.199. The molecule has 2 atom stereocenters. The normalized spacial score (nSPS) is 18.4. The number of thiophene rings is 1. The fourth-order valence-electron chi connectivity index (χ4n) is 3.16. The third kappa shape index (κ3) is 4.22. The molecule has 1 saturated heterocycles. The van der Waals surface area contributed by atoms with Crippen LogP contribution in [0.5, 0.6) is 0 Å². The topological polar surface area (TPSA) is 49.4 Å². The zero-order valence-corrected chi connectivity index (χ0v) is 16.7. The number of hydrogen-bond acceptors (Lipinski definition) is 3. The molecular formula is C19H20Cl2N2O2S. The second-order valence-corrected chi connectivity index (χ2v) is 8.15. The van der Waals surface area contributed by atoms with Crippen LogP contribution in [0.25, 0.3) is 0 Å². The van der Waals surface area contributed by atoms with Crippen molar-refractivity contribution in [3.63, 3.8) is 0 Å². The summed E-state index contributed by atoms with van der Waals surface area (Å²) in [7, 11) is 0. The number of nitrogens with one attached hydrogen (secondary N) is 1. The van der Waals surface area contributed by atoms with Gasteiger partial charge in [-0.2, -0.15) is 0 Å². The van der Waals surface area contributed by atoms with Crippen molar-refractivity contribution in [2.24, 2.45) is 0 Å². The molecule has 2 heterocycles. The van der Waals surface area contributed by atoms with Gasteiger partial charge >= 0.3 is 0 Å². The molecule has 2 aromatic rings. The highest BCUT2D eigenvalue weighted by Gasteiger charge is 2.33. The first-order valence-electron chi connectivity index (χ1n) is 8.57. The number of amides is 2. The molecule has 0 spiro atoms. The van der Waals surface area contributed by atoms with E-state index in [1.54, 1.807) is 23.1 Å². The first-order chi connectivity index (χ1) is 12.5. The average Bonchev–Trinajstić information content (AvgIpc) is 3.18. The second-order valence-electron chi connectivity index (χ2n) is 6.39. The molecule has 4 nitrogen and oxygen atoms in total. The minimum Gasteiger partial charge on any atom is -0.348 e. The van der Waals surface area contributed by atoms with Crippen LogP contribution in [0, 0.1) is 0 Å². The zero-order valence-electron chi connectivity index (χ0n) is 14.4. The van der Waals surface area contributed by atoms with Gasteiger partial charge in [-0.05, 0) is 55.3 Å². The third-order valence-electron chi connectivity index (χ3n) is 4.60. The van der Waals surface area contributed by atoms with Gasteiger partial charge in [-0.3, -0.25) is 9.59 Å². The highest BCUT2D eigenvalue weighted by atomic mass is 35.5. The van der Waals surface area contributed by atoms with E-state index in [4.69, 9.17) is 23.2 Å². The van der Waals surface area contributed by atoms with E-state index in [2.05, 4.69) is 5.32 Å². The van der Waals surface area contributed by atoms with Crippen LogP contribution < -0.4 is 5.32 Å². The molecule has 1 aromatic heterocycles. The number of benzene rings is 1. The Hall–Kier alpha value is -1.56. The quantitative estimate of drug-likeness (QED) is 0.776.